The molecule has 1 atom stereocenters. The number of hydrogen-bond acceptors (Lipinski definition) is 2. The standard InChI is InChI=1S/C16H28N2/c1-5-9-18(14(4)10-13(2)3)12-15-7-6-8-16(17)11-15/h6-8,11,13-14H,5,9-10,12,17H2,1-4H3. The Morgan fingerprint density at radius 1 is 1.22 bits per heavy atom. The molecule has 0 amide bonds. The van der Waals surface area contributed by atoms with Crippen molar-refractivity contribution in [3.8, 4) is 0 Å². The molecule has 1 aromatic carbocycles. The van der Waals surface area contributed by atoms with Gasteiger partial charge in [0, 0.05) is 18.3 Å². The fraction of sp³-hybridized carbons (Fsp3) is 0.625. The van der Waals surface area contributed by atoms with Crippen molar-refractivity contribution >= 4 is 5.69 Å². The van der Waals surface area contributed by atoms with Crippen LogP contribution in [0.15, 0.2) is 24.3 Å². The van der Waals surface area contributed by atoms with Crippen molar-refractivity contribution in [3.05, 3.63) is 29.8 Å². The monoisotopic (exact) mass is 248 g/mol. The molecule has 0 aliphatic rings. The van der Waals surface area contributed by atoms with Gasteiger partial charge in [0.1, 0.15) is 0 Å². The minimum atomic E-state index is 0.631. The number of benzene rings is 1. The lowest BCUT2D eigenvalue weighted by Gasteiger charge is -2.30. The summed E-state index contributed by atoms with van der Waals surface area (Å²) in [7, 11) is 0. The summed E-state index contributed by atoms with van der Waals surface area (Å²) >= 11 is 0. The lowest BCUT2D eigenvalue weighted by atomic mass is 10.0. The molecule has 0 saturated heterocycles. The second kappa shape index (κ2) is 7.42. The van der Waals surface area contributed by atoms with E-state index < -0.39 is 0 Å². The molecule has 0 fully saturated rings. The van der Waals surface area contributed by atoms with Gasteiger partial charge in [-0.15, -0.1) is 0 Å². The highest BCUT2D eigenvalue weighted by molar-refractivity contribution is 5.40. The number of nitrogens with zero attached hydrogens (tertiary/aromatic N) is 1. The van der Waals surface area contributed by atoms with Crippen LogP contribution in [0.25, 0.3) is 0 Å². The van der Waals surface area contributed by atoms with E-state index in [0.29, 0.717) is 6.04 Å². The van der Waals surface area contributed by atoms with Gasteiger partial charge in [0.15, 0.2) is 0 Å². The highest BCUT2D eigenvalue weighted by atomic mass is 15.1. The van der Waals surface area contributed by atoms with Gasteiger partial charge < -0.3 is 5.73 Å². The zero-order valence-corrected chi connectivity index (χ0v) is 12.3. The van der Waals surface area contributed by atoms with E-state index in [1.165, 1.54) is 18.4 Å². The summed E-state index contributed by atoms with van der Waals surface area (Å²) in [6.45, 7) is 11.3. The highest BCUT2D eigenvalue weighted by Gasteiger charge is 2.14. The molecule has 2 N–H and O–H groups in total. The van der Waals surface area contributed by atoms with Crippen molar-refractivity contribution in [2.75, 3.05) is 12.3 Å². The first-order chi connectivity index (χ1) is 8.52. The molecular formula is C16H28N2. The molecule has 2 heteroatoms. The fourth-order valence-electron chi connectivity index (χ4n) is 2.50. The van der Waals surface area contributed by atoms with Gasteiger partial charge in [-0.05, 0) is 49.9 Å². The summed E-state index contributed by atoms with van der Waals surface area (Å²) < 4.78 is 0. The van der Waals surface area contributed by atoms with Crippen LogP contribution in [0.5, 0.6) is 0 Å². The molecule has 0 aliphatic carbocycles. The first-order valence-corrected chi connectivity index (χ1v) is 7.11. The first kappa shape index (κ1) is 15.0. The number of anilines is 1. The van der Waals surface area contributed by atoms with E-state index >= 15 is 0 Å². The molecule has 0 spiro atoms. The Bertz CT molecular complexity index is 347. The van der Waals surface area contributed by atoms with Gasteiger partial charge in [-0.1, -0.05) is 32.9 Å². The predicted octanol–water partition coefficient (Wildman–Crippen LogP) is 3.92. The largest absolute Gasteiger partial charge is 0.399 e. The topological polar surface area (TPSA) is 29.3 Å². The van der Waals surface area contributed by atoms with Crippen molar-refractivity contribution in [2.24, 2.45) is 5.92 Å². The zero-order chi connectivity index (χ0) is 13.5. The van der Waals surface area contributed by atoms with E-state index in [-0.39, 0.29) is 0 Å². The van der Waals surface area contributed by atoms with Crippen LogP contribution in [0.1, 0.15) is 46.1 Å². The third-order valence-corrected chi connectivity index (χ3v) is 3.28. The second-order valence-electron chi connectivity index (χ2n) is 5.69. The molecule has 1 aromatic rings. The molecule has 1 unspecified atom stereocenters. The molecule has 18 heavy (non-hydrogen) atoms. The third-order valence-electron chi connectivity index (χ3n) is 3.28. The van der Waals surface area contributed by atoms with E-state index in [0.717, 1.165) is 24.7 Å². The zero-order valence-electron chi connectivity index (χ0n) is 12.3. The summed E-state index contributed by atoms with van der Waals surface area (Å²) in [6.07, 6.45) is 2.45. The quantitative estimate of drug-likeness (QED) is 0.741. The molecule has 102 valence electrons. The molecule has 0 saturated carbocycles. The van der Waals surface area contributed by atoms with E-state index in [1.54, 1.807) is 0 Å². The molecule has 0 bridgehead atoms. The van der Waals surface area contributed by atoms with Gasteiger partial charge in [-0.25, -0.2) is 0 Å². The van der Waals surface area contributed by atoms with Gasteiger partial charge in [0.25, 0.3) is 0 Å². The van der Waals surface area contributed by atoms with Crippen molar-refractivity contribution in [2.45, 2.75) is 53.1 Å². The van der Waals surface area contributed by atoms with Crippen LogP contribution >= 0.6 is 0 Å². The normalized spacial score (nSPS) is 13.2. The summed E-state index contributed by atoms with van der Waals surface area (Å²) in [4.78, 5) is 2.56. The van der Waals surface area contributed by atoms with Crippen LogP contribution < -0.4 is 5.73 Å². The Balaban J connectivity index is 2.67. The van der Waals surface area contributed by atoms with Crippen LogP contribution in [0.4, 0.5) is 5.69 Å². The maximum Gasteiger partial charge on any atom is 0.0317 e. The maximum atomic E-state index is 5.85. The average molecular weight is 248 g/mol. The Hall–Kier alpha value is -1.02. The van der Waals surface area contributed by atoms with E-state index in [4.69, 9.17) is 5.73 Å². The lowest BCUT2D eigenvalue weighted by molar-refractivity contribution is 0.178. The van der Waals surface area contributed by atoms with E-state index in [2.05, 4.69) is 44.7 Å². The molecule has 0 radical (unpaired) electrons. The minimum Gasteiger partial charge on any atom is -0.399 e. The second-order valence-corrected chi connectivity index (χ2v) is 5.69. The predicted molar refractivity (Wildman–Crippen MR) is 80.5 cm³/mol. The Kier molecular flexibility index (Phi) is 6.20. The summed E-state index contributed by atoms with van der Waals surface area (Å²) in [5.41, 5.74) is 8.03. The van der Waals surface area contributed by atoms with Crippen molar-refractivity contribution < 1.29 is 0 Å². The molecular weight excluding hydrogens is 220 g/mol. The first-order valence-electron chi connectivity index (χ1n) is 7.11. The summed E-state index contributed by atoms with van der Waals surface area (Å²) in [5.74, 6) is 0.750. The number of rotatable bonds is 7. The van der Waals surface area contributed by atoms with Crippen LogP contribution in [-0.2, 0) is 6.54 Å². The van der Waals surface area contributed by atoms with Gasteiger partial charge in [-0.2, -0.15) is 0 Å². The average Bonchev–Trinajstić information content (AvgIpc) is 2.27. The highest BCUT2D eigenvalue weighted by Crippen LogP contribution is 2.16. The molecule has 0 aliphatic heterocycles. The van der Waals surface area contributed by atoms with Crippen molar-refractivity contribution in [3.63, 3.8) is 0 Å². The maximum absolute atomic E-state index is 5.85. The van der Waals surface area contributed by atoms with Crippen LogP contribution in [0.3, 0.4) is 0 Å². The van der Waals surface area contributed by atoms with Crippen LogP contribution in [-0.4, -0.2) is 17.5 Å². The Labute approximate surface area is 112 Å². The van der Waals surface area contributed by atoms with Crippen molar-refractivity contribution in [1.82, 2.24) is 4.90 Å². The lowest BCUT2D eigenvalue weighted by Crippen LogP contribution is -2.34. The SMILES string of the molecule is CCCN(Cc1cccc(N)c1)C(C)CC(C)C. The Morgan fingerprint density at radius 2 is 1.94 bits per heavy atom. The van der Waals surface area contributed by atoms with E-state index in [1.807, 2.05) is 12.1 Å². The number of nitrogens with two attached hydrogens (primary N) is 1. The van der Waals surface area contributed by atoms with Crippen LogP contribution in [0.2, 0.25) is 0 Å². The van der Waals surface area contributed by atoms with Crippen molar-refractivity contribution in [1.29, 1.82) is 0 Å². The van der Waals surface area contributed by atoms with Gasteiger partial charge in [0.05, 0.1) is 0 Å². The number of hydrogen-bond donors (Lipinski definition) is 1. The third kappa shape index (κ3) is 5.09. The van der Waals surface area contributed by atoms with Gasteiger partial charge >= 0.3 is 0 Å². The van der Waals surface area contributed by atoms with Crippen LogP contribution in [0, 0.1) is 5.92 Å². The minimum absolute atomic E-state index is 0.631. The van der Waals surface area contributed by atoms with E-state index in [9.17, 15) is 0 Å². The Morgan fingerprint density at radius 3 is 2.50 bits per heavy atom. The molecule has 0 aromatic heterocycles. The van der Waals surface area contributed by atoms with Gasteiger partial charge in [0.2, 0.25) is 0 Å². The fourth-order valence-corrected chi connectivity index (χ4v) is 2.50. The smallest absolute Gasteiger partial charge is 0.0317 e. The summed E-state index contributed by atoms with van der Waals surface area (Å²) in [5, 5.41) is 0. The molecule has 1 rings (SSSR count). The van der Waals surface area contributed by atoms with Gasteiger partial charge in [-0.3, -0.25) is 4.90 Å². The molecule has 2 nitrogen and oxygen atoms in total. The molecule has 0 heterocycles. The summed E-state index contributed by atoms with van der Waals surface area (Å²) in [6, 6.07) is 8.88. The number of nitrogen functional groups attached to an aromatic ring is 1.